The third-order valence-electron chi connectivity index (χ3n) is 4.99. The molecule has 0 saturated carbocycles. The number of aromatic nitrogens is 1. The number of carbonyl (C=O) groups excluding carboxylic acids is 2. The standard InChI is InChI=1S/C19H22F3N5O6S/c1-12-4-5-13(19(20,21)22)10-14(12)23-17-24-15(11-33-17)16(28)25-34(30,31)27-7-3-6-26(8-9-27)18(29)32-2/h4-5,10-11H,3,6-9H2,1-2H3,(H,23,24)(H,25,28). The molecule has 0 atom stereocenters. The van der Waals surface area contributed by atoms with E-state index in [2.05, 4.69) is 15.0 Å². The van der Waals surface area contributed by atoms with Crippen molar-refractivity contribution in [2.24, 2.45) is 0 Å². The summed E-state index contributed by atoms with van der Waals surface area (Å²) in [5, 5.41) is 2.55. The summed E-state index contributed by atoms with van der Waals surface area (Å²) in [5.41, 5.74) is -0.779. The Hall–Kier alpha value is -3.33. The number of amides is 2. The Bertz CT molecular complexity index is 1170. The van der Waals surface area contributed by atoms with Gasteiger partial charge in [-0.05, 0) is 31.0 Å². The molecule has 0 unspecified atom stereocenters. The van der Waals surface area contributed by atoms with E-state index in [1.807, 2.05) is 4.72 Å². The highest BCUT2D eigenvalue weighted by atomic mass is 32.2. The lowest BCUT2D eigenvalue weighted by Gasteiger charge is -2.20. The fourth-order valence-corrected chi connectivity index (χ4v) is 4.32. The molecule has 34 heavy (non-hydrogen) atoms. The molecule has 0 bridgehead atoms. The van der Waals surface area contributed by atoms with E-state index in [1.165, 1.54) is 18.1 Å². The van der Waals surface area contributed by atoms with Crippen molar-refractivity contribution >= 4 is 33.9 Å². The highest BCUT2D eigenvalue weighted by molar-refractivity contribution is 7.87. The molecule has 2 amide bonds. The van der Waals surface area contributed by atoms with Gasteiger partial charge < -0.3 is 19.4 Å². The average Bonchev–Trinajstić information content (AvgIpc) is 3.08. The van der Waals surface area contributed by atoms with Gasteiger partial charge in [-0.15, -0.1) is 0 Å². The molecule has 2 aromatic rings. The van der Waals surface area contributed by atoms with Gasteiger partial charge in [0.15, 0.2) is 5.69 Å². The summed E-state index contributed by atoms with van der Waals surface area (Å²) in [6, 6.07) is 2.75. The normalized spacial score (nSPS) is 15.5. The van der Waals surface area contributed by atoms with Gasteiger partial charge in [0, 0.05) is 31.9 Å². The van der Waals surface area contributed by atoms with Crippen molar-refractivity contribution in [3.05, 3.63) is 41.3 Å². The number of methoxy groups -OCH3 is 1. The minimum atomic E-state index is -4.55. The summed E-state index contributed by atoms with van der Waals surface area (Å²) in [6.45, 7) is 1.94. The van der Waals surface area contributed by atoms with Gasteiger partial charge in [-0.2, -0.15) is 30.9 Å². The quantitative estimate of drug-likeness (QED) is 0.633. The lowest BCUT2D eigenvalue weighted by molar-refractivity contribution is -0.137. The van der Waals surface area contributed by atoms with Gasteiger partial charge in [0.2, 0.25) is 0 Å². The molecule has 1 aromatic carbocycles. The van der Waals surface area contributed by atoms with E-state index in [0.717, 1.165) is 22.7 Å². The van der Waals surface area contributed by atoms with Crippen LogP contribution in [0.2, 0.25) is 0 Å². The van der Waals surface area contributed by atoms with E-state index in [9.17, 15) is 31.2 Å². The van der Waals surface area contributed by atoms with Crippen molar-refractivity contribution in [2.75, 3.05) is 38.6 Å². The Morgan fingerprint density at radius 1 is 1.18 bits per heavy atom. The second-order valence-electron chi connectivity index (χ2n) is 7.34. The van der Waals surface area contributed by atoms with Gasteiger partial charge in [0.25, 0.3) is 11.9 Å². The van der Waals surface area contributed by atoms with Crippen LogP contribution in [0.15, 0.2) is 28.9 Å². The molecule has 2 heterocycles. The van der Waals surface area contributed by atoms with Crippen LogP contribution in [0, 0.1) is 6.92 Å². The Balaban J connectivity index is 1.67. The third kappa shape index (κ3) is 5.96. The smallest absolute Gasteiger partial charge is 0.416 e. The van der Waals surface area contributed by atoms with Crippen LogP contribution in [0.4, 0.5) is 29.7 Å². The second kappa shape index (κ2) is 9.89. The van der Waals surface area contributed by atoms with Crippen LogP contribution in [0.3, 0.4) is 0 Å². The molecule has 2 N–H and O–H groups in total. The van der Waals surface area contributed by atoms with Crippen LogP contribution in [-0.4, -0.2) is 67.9 Å². The number of hydrogen-bond acceptors (Lipinski definition) is 8. The van der Waals surface area contributed by atoms with Gasteiger partial charge >= 0.3 is 22.5 Å². The maximum absolute atomic E-state index is 13.0. The molecule has 0 radical (unpaired) electrons. The van der Waals surface area contributed by atoms with Gasteiger partial charge in [-0.1, -0.05) is 6.07 Å². The summed E-state index contributed by atoms with van der Waals surface area (Å²) in [7, 11) is -3.04. The minimum absolute atomic E-state index is 0.0518. The van der Waals surface area contributed by atoms with Crippen molar-refractivity contribution in [3.8, 4) is 0 Å². The second-order valence-corrected chi connectivity index (χ2v) is 9.01. The number of nitrogens with zero attached hydrogens (tertiary/aromatic N) is 3. The SMILES string of the molecule is COC(=O)N1CCCN(S(=O)(=O)NC(=O)c2coc(Nc3cc(C(F)(F)F)ccc3C)n2)CC1. The van der Waals surface area contributed by atoms with E-state index < -0.39 is 39.6 Å². The van der Waals surface area contributed by atoms with Crippen LogP contribution in [0.5, 0.6) is 0 Å². The molecule has 1 aliphatic rings. The number of rotatable bonds is 5. The van der Waals surface area contributed by atoms with Gasteiger partial charge in [-0.3, -0.25) is 4.79 Å². The van der Waals surface area contributed by atoms with Crippen LogP contribution in [-0.2, 0) is 21.1 Å². The first-order valence-electron chi connectivity index (χ1n) is 9.96. The Kier molecular flexibility index (Phi) is 7.35. The first-order chi connectivity index (χ1) is 15.9. The topological polar surface area (TPSA) is 134 Å². The number of ether oxygens (including phenoxy) is 1. The van der Waals surface area contributed by atoms with Crippen molar-refractivity contribution in [1.82, 2.24) is 18.9 Å². The van der Waals surface area contributed by atoms with Crippen molar-refractivity contribution < 1.29 is 40.3 Å². The van der Waals surface area contributed by atoms with Gasteiger partial charge in [0.05, 0.1) is 12.7 Å². The molecular formula is C19H22F3N5O6S. The predicted octanol–water partition coefficient (Wildman–Crippen LogP) is 2.49. The summed E-state index contributed by atoms with van der Waals surface area (Å²) in [4.78, 5) is 29.2. The Morgan fingerprint density at radius 2 is 1.91 bits per heavy atom. The number of aryl methyl sites for hydroxylation is 1. The first-order valence-corrected chi connectivity index (χ1v) is 11.4. The van der Waals surface area contributed by atoms with E-state index in [1.54, 1.807) is 6.92 Å². The molecular weight excluding hydrogens is 483 g/mol. The maximum Gasteiger partial charge on any atom is 0.416 e. The number of carbonyl (C=O) groups is 2. The molecule has 1 aromatic heterocycles. The lowest BCUT2D eigenvalue weighted by Crippen LogP contribution is -2.45. The number of alkyl halides is 3. The molecule has 1 aliphatic heterocycles. The molecule has 11 nitrogen and oxygen atoms in total. The molecule has 1 saturated heterocycles. The number of hydrogen-bond donors (Lipinski definition) is 2. The zero-order chi connectivity index (χ0) is 25.1. The van der Waals surface area contributed by atoms with Gasteiger partial charge in [0.1, 0.15) is 6.26 Å². The number of anilines is 2. The van der Waals surface area contributed by atoms with Crippen LogP contribution < -0.4 is 10.0 Å². The molecule has 1 fully saturated rings. The maximum atomic E-state index is 13.0. The summed E-state index contributed by atoms with van der Waals surface area (Å²) >= 11 is 0. The van der Waals surface area contributed by atoms with Crippen LogP contribution in [0.1, 0.15) is 28.0 Å². The molecule has 3 rings (SSSR count). The largest absolute Gasteiger partial charge is 0.453 e. The van der Waals surface area contributed by atoms with Crippen molar-refractivity contribution in [3.63, 3.8) is 0 Å². The predicted molar refractivity (Wildman–Crippen MR) is 113 cm³/mol. The van der Waals surface area contributed by atoms with Gasteiger partial charge in [-0.25, -0.2) is 9.52 Å². The van der Waals surface area contributed by atoms with Crippen LogP contribution >= 0.6 is 0 Å². The number of benzene rings is 1. The molecule has 186 valence electrons. The Morgan fingerprint density at radius 3 is 2.59 bits per heavy atom. The molecule has 0 spiro atoms. The Labute approximate surface area is 193 Å². The number of halogens is 3. The third-order valence-corrected chi connectivity index (χ3v) is 6.48. The average molecular weight is 505 g/mol. The van der Waals surface area contributed by atoms with Crippen molar-refractivity contribution in [1.29, 1.82) is 0 Å². The fourth-order valence-electron chi connectivity index (χ4n) is 3.16. The van der Waals surface area contributed by atoms with E-state index in [-0.39, 0.29) is 31.3 Å². The van der Waals surface area contributed by atoms with Crippen LogP contribution in [0.25, 0.3) is 0 Å². The minimum Gasteiger partial charge on any atom is -0.453 e. The summed E-state index contributed by atoms with van der Waals surface area (Å²) in [6.07, 6.45) is -3.93. The molecule has 0 aliphatic carbocycles. The van der Waals surface area contributed by atoms with E-state index >= 15 is 0 Å². The summed E-state index contributed by atoms with van der Waals surface area (Å²) < 4.78 is 76.7. The number of nitrogens with one attached hydrogen (secondary N) is 2. The monoisotopic (exact) mass is 505 g/mol. The fraction of sp³-hybridized carbons (Fsp3) is 0.421. The summed E-state index contributed by atoms with van der Waals surface area (Å²) in [5.74, 6) is -1.09. The first kappa shape index (κ1) is 25.3. The number of oxazole rings is 1. The zero-order valence-electron chi connectivity index (χ0n) is 18.2. The van der Waals surface area contributed by atoms with Crippen molar-refractivity contribution in [2.45, 2.75) is 19.5 Å². The van der Waals surface area contributed by atoms with E-state index in [4.69, 9.17) is 4.42 Å². The highest BCUT2D eigenvalue weighted by Gasteiger charge is 2.31. The highest BCUT2D eigenvalue weighted by Crippen LogP contribution is 2.33. The lowest BCUT2D eigenvalue weighted by atomic mass is 10.1. The van der Waals surface area contributed by atoms with E-state index in [0.29, 0.717) is 18.5 Å². The molecule has 15 heteroatoms. The zero-order valence-corrected chi connectivity index (χ0v) is 19.0.